The number of H-pyrrole nitrogens is 1. The number of nitrogens with one attached hydrogen (secondary N) is 1. The highest BCUT2D eigenvalue weighted by molar-refractivity contribution is 6.00. The number of alkyl halides is 3. The summed E-state index contributed by atoms with van der Waals surface area (Å²) in [4.78, 5) is 32.1. The van der Waals surface area contributed by atoms with Crippen molar-refractivity contribution < 1.29 is 13.2 Å². The van der Waals surface area contributed by atoms with Gasteiger partial charge in [-0.15, -0.1) is 13.2 Å². The van der Waals surface area contributed by atoms with Crippen molar-refractivity contribution in [3.05, 3.63) is 87.5 Å². The quantitative estimate of drug-likeness (QED) is 0.366. The number of likely N-dealkylation sites (tertiary alicyclic amines) is 1. The van der Waals surface area contributed by atoms with E-state index in [1.807, 2.05) is 41.1 Å². The fourth-order valence-corrected chi connectivity index (χ4v) is 5.93. The van der Waals surface area contributed by atoms with Crippen molar-refractivity contribution in [3.8, 4) is 22.3 Å². The normalized spacial score (nSPS) is 17.5. The second-order valence-corrected chi connectivity index (χ2v) is 11.0. The number of aromatic nitrogens is 3. The van der Waals surface area contributed by atoms with E-state index in [0.717, 1.165) is 48.3 Å². The lowest BCUT2D eigenvalue weighted by molar-refractivity contribution is -0.280. The van der Waals surface area contributed by atoms with Crippen molar-refractivity contribution >= 4 is 16.5 Å². The zero-order valence-electron chi connectivity index (χ0n) is 23.1. The van der Waals surface area contributed by atoms with Crippen LogP contribution in [-0.4, -0.2) is 69.1 Å². The topological polar surface area (TPSA) is 69.5 Å². The molecule has 6 rings (SSSR count). The highest BCUT2D eigenvalue weighted by Gasteiger charge is 2.41. The van der Waals surface area contributed by atoms with Gasteiger partial charge in [0, 0.05) is 79.1 Å². The molecule has 11 heteroatoms. The fraction of sp³-hybridized carbons (Fsp3) is 0.333. The van der Waals surface area contributed by atoms with Gasteiger partial charge in [-0.1, -0.05) is 30.3 Å². The number of hydrazine groups is 1. The van der Waals surface area contributed by atoms with Gasteiger partial charge in [0.1, 0.15) is 5.52 Å². The number of benzene rings is 1. The average Bonchev–Trinajstić information content (AvgIpc) is 3.56. The first-order valence-corrected chi connectivity index (χ1v) is 13.5. The molecule has 0 aliphatic carbocycles. The molecule has 5 heterocycles. The molecule has 0 radical (unpaired) electrons. The number of rotatable bonds is 4. The van der Waals surface area contributed by atoms with Crippen LogP contribution in [0.15, 0.2) is 70.6 Å². The Labute approximate surface area is 234 Å². The minimum atomic E-state index is -4.56. The molecule has 0 unspecified atom stereocenters. The van der Waals surface area contributed by atoms with Crippen LogP contribution in [0.25, 0.3) is 38.7 Å². The maximum atomic E-state index is 13.6. The van der Waals surface area contributed by atoms with Gasteiger partial charge in [0.15, 0.2) is 0 Å². The monoisotopic (exact) mass is 564 g/mol. The van der Waals surface area contributed by atoms with Crippen LogP contribution in [0, 0.1) is 0 Å². The zero-order chi connectivity index (χ0) is 29.1. The van der Waals surface area contributed by atoms with Crippen LogP contribution in [0.5, 0.6) is 0 Å². The fourth-order valence-electron chi connectivity index (χ4n) is 5.93. The van der Waals surface area contributed by atoms with Crippen molar-refractivity contribution in [1.82, 2.24) is 29.0 Å². The molecule has 41 heavy (non-hydrogen) atoms. The van der Waals surface area contributed by atoms with Gasteiger partial charge in [-0.25, -0.2) is 10.0 Å². The van der Waals surface area contributed by atoms with E-state index >= 15 is 0 Å². The molecule has 4 aromatic rings. The van der Waals surface area contributed by atoms with Gasteiger partial charge in [-0.2, -0.15) is 0 Å². The van der Waals surface area contributed by atoms with E-state index in [0.29, 0.717) is 27.8 Å². The maximum absolute atomic E-state index is 13.6. The van der Waals surface area contributed by atoms with Crippen LogP contribution >= 0.6 is 0 Å². The third-order valence-electron chi connectivity index (χ3n) is 8.15. The first-order valence-electron chi connectivity index (χ1n) is 13.5. The summed E-state index contributed by atoms with van der Waals surface area (Å²) in [5.74, 6) is 0. The SMILES string of the molecule is CN1CCC(n2cc(-c3ccccc3)c(-c3cn(C)c(=O)c4[nH]c(C5=CN(C(F)(F)F)N(C)C5)cc34)cc2=O)CC1. The molecule has 1 saturated heterocycles. The van der Waals surface area contributed by atoms with Gasteiger partial charge >= 0.3 is 6.30 Å². The molecule has 2 aliphatic heterocycles. The number of hydrogen-bond acceptors (Lipinski definition) is 5. The second-order valence-electron chi connectivity index (χ2n) is 11.0. The Kier molecular flexibility index (Phi) is 6.66. The minimum absolute atomic E-state index is 0.0177. The molecule has 2 aliphatic rings. The lowest BCUT2D eigenvalue weighted by Crippen LogP contribution is -2.42. The van der Waals surface area contributed by atoms with Gasteiger partial charge < -0.3 is 19.0 Å². The smallest absolute Gasteiger partial charge is 0.350 e. The van der Waals surface area contributed by atoms with Crippen LogP contribution in [0.2, 0.25) is 0 Å². The number of likely N-dealkylation sites (N-methyl/N-ethyl adjacent to an activating group) is 1. The van der Waals surface area contributed by atoms with E-state index in [1.54, 1.807) is 25.4 Å². The number of aryl methyl sites for hydroxylation is 1. The molecule has 0 atom stereocenters. The molecule has 0 bridgehead atoms. The van der Waals surface area contributed by atoms with Crippen molar-refractivity contribution in [3.63, 3.8) is 0 Å². The molecule has 1 fully saturated rings. The predicted molar refractivity (Wildman–Crippen MR) is 153 cm³/mol. The number of hydrogen-bond donors (Lipinski definition) is 1. The van der Waals surface area contributed by atoms with Crippen molar-refractivity contribution in [2.45, 2.75) is 25.2 Å². The molecule has 214 valence electrons. The number of piperidine rings is 1. The van der Waals surface area contributed by atoms with E-state index in [1.165, 1.54) is 11.6 Å². The Bertz CT molecular complexity index is 1760. The third-order valence-corrected chi connectivity index (χ3v) is 8.15. The van der Waals surface area contributed by atoms with Gasteiger partial charge in [0.2, 0.25) is 0 Å². The Balaban J connectivity index is 1.54. The number of aromatic amines is 1. The average molecular weight is 565 g/mol. The third kappa shape index (κ3) is 4.89. The molecule has 0 spiro atoms. The van der Waals surface area contributed by atoms with E-state index < -0.39 is 6.30 Å². The van der Waals surface area contributed by atoms with Gasteiger partial charge in [0.05, 0.1) is 0 Å². The summed E-state index contributed by atoms with van der Waals surface area (Å²) in [5, 5.41) is 1.84. The lowest BCUT2D eigenvalue weighted by atomic mass is 9.94. The van der Waals surface area contributed by atoms with Crippen molar-refractivity contribution in [2.24, 2.45) is 7.05 Å². The Hall–Kier alpha value is -4.09. The van der Waals surface area contributed by atoms with Gasteiger partial charge in [0.25, 0.3) is 11.1 Å². The molecule has 3 aromatic heterocycles. The van der Waals surface area contributed by atoms with Gasteiger partial charge in [-0.3, -0.25) is 9.59 Å². The summed E-state index contributed by atoms with van der Waals surface area (Å²) < 4.78 is 43.7. The lowest BCUT2D eigenvalue weighted by Gasteiger charge is -2.30. The van der Waals surface area contributed by atoms with Crippen LogP contribution in [-0.2, 0) is 7.05 Å². The molecular weight excluding hydrogens is 533 g/mol. The van der Waals surface area contributed by atoms with Crippen LogP contribution in [0.4, 0.5) is 13.2 Å². The van der Waals surface area contributed by atoms with E-state index in [2.05, 4.69) is 16.9 Å². The number of fused-ring (bicyclic) bond motifs is 1. The molecule has 1 N–H and O–H groups in total. The number of halogens is 3. The largest absolute Gasteiger partial charge is 0.498 e. The van der Waals surface area contributed by atoms with E-state index in [4.69, 9.17) is 0 Å². The van der Waals surface area contributed by atoms with Crippen LogP contribution < -0.4 is 11.1 Å². The molecule has 8 nitrogen and oxygen atoms in total. The summed E-state index contributed by atoms with van der Waals surface area (Å²) >= 11 is 0. The highest BCUT2D eigenvalue weighted by Crippen LogP contribution is 2.38. The molecular formula is C30H31F3N6O2. The summed E-state index contributed by atoms with van der Waals surface area (Å²) in [6, 6.07) is 13.2. The first kappa shape index (κ1) is 27.1. The second kappa shape index (κ2) is 10.1. The molecule has 1 aromatic carbocycles. The molecule has 0 amide bonds. The Morgan fingerprint density at radius 3 is 2.27 bits per heavy atom. The summed E-state index contributed by atoms with van der Waals surface area (Å²) in [6.07, 6.45) is 1.82. The predicted octanol–water partition coefficient (Wildman–Crippen LogP) is 4.65. The minimum Gasteiger partial charge on any atom is -0.350 e. The maximum Gasteiger partial charge on any atom is 0.498 e. The summed E-state index contributed by atoms with van der Waals surface area (Å²) in [7, 11) is 5.06. The summed E-state index contributed by atoms with van der Waals surface area (Å²) in [6.45, 7) is 1.83. The van der Waals surface area contributed by atoms with E-state index in [-0.39, 0.29) is 34.2 Å². The van der Waals surface area contributed by atoms with Crippen LogP contribution in [0.1, 0.15) is 24.6 Å². The van der Waals surface area contributed by atoms with E-state index in [9.17, 15) is 22.8 Å². The van der Waals surface area contributed by atoms with Crippen molar-refractivity contribution in [2.75, 3.05) is 33.7 Å². The number of nitrogens with zero attached hydrogens (tertiary/aromatic N) is 5. The van der Waals surface area contributed by atoms with Crippen LogP contribution in [0.3, 0.4) is 0 Å². The Morgan fingerprint density at radius 1 is 0.902 bits per heavy atom. The molecule has 0 saturated carbocycles. The first-order chi connectivity index (χ1) is 19.5. The summed E-state index contributed by atoms with van der Waals surface area (Å²) in [5.41, 5.74) is 3.72. The van der Waals surface area contributed by atoms with Crippen molar-refractivity contribution in [1.29, 1.82) is 0 Å². The zero-order valence-corrected chi connectivity index (χ0v) is 23.1. The Morgan fingerprint density at radius 2 is 1.61 bits per heavy atom. The standard InChI is InChI=1S/C30H31F3N6O2/c1-35-11-9-21(10-12-35)38-18-24(19-7-5-4-6-8-19)22(14-27(38)40)25-17-36(2)29(41)28-23(25)13-26(34-28)20-15-37(3)39(16-20)30(31,32)33/h4-8,13-14,16-18,21,34H,9-12,15H2,1-3H3. The van der Waals surface area contributed by atoms with Gasteiger partial charge in [-0.05, 0) is 50.2 Å². The highest BCUT2D eigenvalue weighted by atomic mass is 19.4. The number of pyridine rings is 2.